The molecule has 6 heteroatoms. The van der Waals surface area contributed by atoms with Crippen molar-refractivity contribution in [1.29, 1.82) is 0 Å². The highest BCUT2D eigenvalue weighted by Crippen LogP contribution is 2.14. The minimum atomic E-state index is -0.559. The van der Waals surface area contributed by atoms with Crippen LogP contribution in [0.15, 0.2) is 24.3 Å². The molecule has 0 unspecified atom stereocenters. The van der Waals surface area contributed by atoms with Crippen LogP contribution in [-0.4, -0.2) is 41.4 Å². The summed E-state index contributed by atoms with van der Waals surface area (Å²) in [6, 6.07) is 6.53. The molecule has 0 heterocycles. The van der Waals surface area contributed by atoms with E-state index in [9.17, 15) is 14.4 Å². The Kier molecular flexibility index (Phi) is 8.11. The molecule has 1 aromatic rings. The average Bonchev–Trinajstić information content (AvgIpc) is 2.59. The molecule has 1 rings (SSSR count). The number of benzene rings is 1. The second-order valence-corrected chi connectivity index (χ2v) is 6.15. The Bertz CT molecular complexity index is 588. The number of nitrogens with one attached hydrogen (secondary N) is 1. The van der Waals surface area contributed by atoms with Crippen molar-refractivity contribution < 1.29 is 19.1 Å². The first-order valence-electron chi connectivity index (χ1n) is 8.66. The lowest BCUT2D eigenvalue weighted by molar-refractivity contribution is -0.139. The van der Waals surface area contributed by atoms with Gasteiger partial charge in [0.25, 0.3) is 5.91 Å². The van der Waals surface area contributed by atoms with Crippen LogP contribution in [0.3, 0.4) is 0 Å². The van der Waals surface area contributed by atoms with E-state index in [2.05, 4.69) is 5.32 Å². The molecule has 0 saturated heterocycles. The van der Waals surface area contributed by atoms with Crippen LogP contribution in [-0.2, 0) is 14.3 Å². The van der Waals surface area contributed by atoms with E-state index in [1.54, 1.807) is 29.2 Å². The molecule has 2 atom stereocenters. The SMILES string of the molecule is CC[C@H](C)N(C(=O)COC(=O)c1ccc(NC(C)=O)cc1)[C@@H](C)CC. The van der Waals surface area contributed by atoms with Crippen LogP contribution < -0.4 is 5.32 Å². The highest BCUT2D eigenvalue weighted by atomic mass is 16.5. The van der Waals surface area contributed by atoms with Crippen molar-refractivity contribution in [2.75, 3.05) is 11.9 Å². The Hall–Kier alpha value is -2.37. The number of carbonyl (C=O) groups excluding carboxylic acids is 3. The first-order valence-corrected chi connectivity index (χ1v) is 8.66. The summed E-state index contributed by atoms with van der Waals surface area (Å²) >= 11 is 0. The van der Waals surface area contributed by atoms with E-state index in [1.165, 1.54) is 6.92 Å². The normalized spacial score (nSPS) is 12.8. The zero-order chi connectivity index (χ0) is 19.0. The van der Waals surface area contributed by atoms with Crippen molar-refractivity contribution in [3.05, 3.63) is 29.8 Å². The van der Waals surface area contributed by atoms with Gasteiger partial charge in [0.05, 0.1) is 5.56 Å². The van der Waals surface area contributed by atoms with Gasteiger partial charge in [0.1, 0.15) is 0 Å². The maximum Gasteiger partial charge on any atom is 0.338 e. The van der Waals surface area contributed by atoms with Crippen LogP contribution in [0.2, 0.25) is 0 Å². The van der Waals surface area contributed by atoms with Crippen LogP contribution in [0.5, 0.6) is 0 Å². The summed E-state index contributed by atoms with van der Waals surface area (Å²) in [5.74, 6) is -0.931. The lowest BCUT2D eigenvalue weighted by Gasteiger charge is -2.33. The van der Waals surface area contributed by atoms with Gasteiger partial charge in [-0.15, -0.1) is 0 Å². The number of rotatable bonds is 8. The van der Waals surface area contributed by atoms with Gasteiger partial charge >= 0.3 is 5.97 Å². The Morgan fingerprint density at radius 2 is 1.56 bits per heavy atom. The molecule has 25 heavy (non-hydrogen) atoms. The second-order valence-electron chi connectivity index (χ2n) is 6.15. The molecule has 138 valence electrons. The van der Waals surface area contributed by atoms with E-state index in [4.69, 9.17) is 4.74 Å². The highest BCUT2D eigenvalue weighted by Gasteiger charge is 2.24. The van der Waals surface area contributed by atoms with Crippen LogP contribution in [0.4, 0.5) is 5.69 Å². The summed E-state index contributed by atoms with van der Waals surface area (Å²) in [5, 5.41) is 2.62. The van der Waals surface area contributed by atoms with Gasteiger partial charge in [-0.1, -0.05) is 13.8 Å². The number of anilines is 1. The molecule has 1 N–H and O–H groups in total. The van der Waals surface area contributed by atoms with Gasteiger partial charge in [-0.3, -0.25) is 9.59 Å². The first kappa shape index (κ1) is 20.7. The number of ether oxygens (including phenoxy) is 1. The zero-order valence-corrected chi connectivity index (χ0v) is 15.7. The van der Waals surface area contributed by atoms with Crippen LogP contribution in [0, 0.1) is 0 Å². The predicted octanol–water partition coefficient (Wildman–Crippen LogP) is 3.23. The molecule has 0 fully saturated rings. The fourth-order valence-corrected chi connectivity index (χ4v) is 2.50. The minimum Gasteiger partial charge on any atom is -0.452 e. The number of nitrogens with zero attached hydrogens (tertiary/aromatic N) is 1. The standard InChI is InChI=1S/C19H28N2O4/c1-6-13(3)21(14(4)7-2)18(23)12-25-19(24)16-8-10-17(11-9-16)20-15(5)22/h8-11,13-14H,6-7,12H2,1-5H3,(H,20,22)/t13-,14-/m0/s1. The van der Waals surface area contributed by atoms with E-state index in [-0.39, 0.29) is 30.5 Å². The number of carbonyl (C=O) groups is 3. The van der Waals surface area contributed by atoms with Gasteiger partial charge in [-0.05, 0) is 51.0 Å². The number of esters is 1. The van der Waals surface area contributed by atoms with Crippen molar-refractivity contribution >= 4 is 23.5 Å². The lowest BCUT2D eigenvalue weighted by Crippen LogP contribution is -2.46. The maximum atomic E-state index is 12.5. The summed E-state index contributed by atoms with van der Waals surface area (Å²) < 4.78 is 5.16. The number of hydrogen-bond donors (Lipinski definition) is 1. The largest absolute Gasteiger partial charge is 0.452 e. The maximum absolute atomic E-state index is 12.5. The third-order valence-corrected chi connectivity index (χ3v) is 4.19. The molecule has 2 amide bonds. The molecule has 0 aliphatic heterocycles. The third-order valence-electron chi connectivity index (χ3n) is 4.19. The zero-order valence-electron chi connectivity index (χ0n) is 15.7. The Balaban J connectivity index is 2.67. The quantitative estimate of drug-likeness (QED) is 0.732. The van der Waals surface area contributed by atoms with E-state index < -0.39 is 5.97 Å². The molecule has 0 radical (unpaired) electrons. The Morgan fingerprint density at radius 1 is 1.04 bits per heavy atom. The fraction of sp³-hybridized carbons (Fsp3) is 0.526. The fourth-order valence-electron chi connectivity index (χ4n) is 2.50. The van der Waals surface area contributed by atoms with Crippen molar-refractivity contribution in [2.45, 2.75) is 59.5 Å². The molecule has 0 spiro atoms. The average molecular weight is 348 g/mol. The van der Waals surface area contributed by atoms with Crippen molar-refractivity contribution in [3.8, 4) is 0 Å². The van der Waals surface area contributed by atoms with Gasteiger partial charge in [0.15, 0.2) is 6.61 Å². The highest BCUT2D eigenvalue weighted by molar-refractivity contribution is 5.93. The minimum absolute atomic E-state index is 0.0955. The van der Waals surface area contributed by atoms with E-state index in [0.717, 1.165) is 12.8 Å². The molecule has 6 nitrogen and oxygen atoms in total. The van der Waals surface area contributed by atoms with Gasteiger partial charge in [0.2, 0.25) is 5.91 Å². The van der Waals surface area contributed by atoms with E-state index in [0.29, 0.717) is 11.3 Å². The van der Waals surface area contributed by atoms with Crippen LogP contribution in [0.25, 0.3) is 0 Å². The van der Waals surface area contributed by atoms with E-state index in [1.807, 2.05) is 27.7 Å². The predicted molar refractivity (Wildman–Crippen MR) is 97.4 cm³/mol. The summed E-state index contributed by atoms with van der Waals surface area (Å²) in [4.78, 5) is 37.3. The van der Waals surface area contributed by atoms with Crippen LogP contribution in [0.1, 0.15) is 57.8 Å². The topological polar surface area (TPSA) is 75.7 Å². The summed E-state index contributed by atoms with van der Waals surface area (Å²) in [5.41, 5.74) is 0.931. The molecule has 0 aromatic heterocycles. The number of amides is 2. The van der Waals surface area contributed by atoms with E-state index >= 15 is 0 Å². The summed E-state index contributed by atoms with van der Waals surface area (Å²) in [7, 11) is 0. The smallest absolute Gasteiger partial charge is 0.338 e. The molecular formula is C19H28N2O4. The molecule has 0 saturated carbocycles. The molecule has 0 aliphatic rings. The lowest BCUT2D eigenvalue weighted by atomic mass is 10.1. The van der Waals surface area contributed by atoms with Gasteiger partial charge in [-0.2, -0.15) is 0 Å². The van der Waals surface area contributed by atoms with Crippen LogP contribution >= 0.6 is 0 Å². The first-order chi connectivity index (χ1) is 11.8. The van der Waals surface area contributed by atoms with Crippen molar-refractivity contribution in [2.24, 2.45) is 0 Å². The molecule has 0 bridgehead atoms. The Morgan fingerprint density at radius 3 is 2.00 bits per heavy atom. The summed E-state index contributed by atoms with van der Waals surface area (Å²) in [6.45, 7) is 9.17. The molecular weight excluding hydrogens is 320 g/mol. The van der Waals surface area contributed by atoms with Crippen molar-refractivity contribution in [3.63, 3.8) is 0 Å². The number of hydrogen-bond acceptors (Lipinski definition) is 4. The van der Waals surface area contributed by atoms with Crippen molar-refractivity contribution in [1.82, 2.24) is 4.90 Å². The molecule has 0 aliphatic carbocycles. The van der Waals surface area contributed by atoms with Gasteiger partial charge in [-0.25, -0.2) is 4.79 Å². The van der Waals surface area contributed by atoms with Gasteiger partial charge < -0.3 is 15.0 Å². The summed E-state index contributed by atoms with van der Waals surface area (Å²) in [6.07, 6.45) is 1.68. The molecule has 1 aromatic carbocycles. The second kappa shape index (κ2) is 9.81. The monoisotopic (exact) mass is 348 g/mol. The third kappa shape index (κ3) is 6.21. The Labute approximate surface area is 149 Å². The van der Waals surface area contributed by atoms with Gasteiger partial charge in [0, 0.05) is 24.7 Å².